The molecule has 1 N–H and O–H groups in total. The summed E-state index contributed by atoms with van der Waals surface area (Å²) in [6, 6.07) is 6.96. The molecule has 0 saturated carbocycles. The van der Waals surface area contributed by atoms with Gasteiger partial charge in [0.05, 0.1) is 0 Å². The predicted molar refractivity (Wildman–Crippen MR) is 72.2 cm³/mol. The molecule has 0 aliphatic rings. The Morgan fingerprint density at radius 1 is 1.44 bits per heavy atom. The van der Waals surface area contributed by atoms with Gasteiger partial charge in [-0.15, -0.1) is 0 Å². The lowest BCUT2D eigenvalue weighted by atomic mass is 9.90. The fraction of sp³-hybridized carbons (Fsp3) is 0.385. The third-order valence-corrected chi connectivity index (χ3v) is 3.52. The Labute approximate surface area is 115 Å². The molecule has 0 spiro atoms. The van der Waals surface area contributed by atoms with Crippen LogP contribution in [0, 0.1) is 0 Å². The highest BCUT2D eigenvalue weighted by atomic mass is 79.9. The number of carbonyl (C=O) groups is 2. The van der Waals surface area contributed by atoms with E-state index in [1.165, 1.54) is 4.90 Å². The van der Waals surface area contributed by atoms with Crippen LogP contribution in [-0.2, 0) is 15.1 Å². The van der Waals surface area contributed by atoms with Gasteiger partial charge in [-0.25, -0.2) is 4.79 Å². The van der Waals surface area contributed by atoms with Crippen LogP contribution in [0.3, 0.4) is 0 Å². The molecule has 98 valence electrons. The van der Waals surface area contributed by atoms with Crippen LogP contribution in [0.2, 0.25) is 0 Å². The second kappa shape index (κ2) is 6.00. The SMILES string of the molecule is CCCN(C=O)C(C)(C(=O)O)c1ccc(Br)cc1. The molecular formula is C13H16BrNO3. The molecule has 5 heteroatoms. The summed E-state index contributed by atoms with van der Waals surface area (Å²) in [6.07, 6.45) is 1.30. The largest absolute Gasteiger partial charge is 0.479 e. The van der Waals surface area contributed by atoms with Crippen LogP contribution in [0.5, 0.6) is 0 Å². The highest BCUT2D eigenvalue weighted by Crippen LogP contribution is 2.29. The molecule has 1 atom stereocenters. The summed E-state index contributed by atoms with van der Waals surface area (Å²) in [7, 11) is 0. The van der Waals surface area contributed by atoms with E-state index in [-0.39, 0.29) is 0 Å². The zero-order chi connectivity index (χ0) is 13.8. The normalized spacial score (nSPS) is 13.7. The van der Waals surface area contributed by atoms with Crippen molar-refractivity contribution in [2.24, 2.45) is 0 Å². The van der Waals surface area contributed by atoms with Crippen LogP contribution in [0.25, 0.3) is 0 Å². The van der Waals surface area contributed by atoms with Gasteiger partial charge in [-0.1, -0.05) is 35.0 Å². The molecule has 4 nitrogen and oxygen atoms in total. The third-order valence-electron chi connectivity index (χ3n) is 2.99. The monoisotopic (exact) mass is 313 g/mol. The number of amides is 1. The Balaban J connectivity index is 3.25. The van der Waals surface area contributed by atoms with Crippen molar-refractivity contribution in [3.63, 3.8) is 0 Å². The summed E-state index contributed by atoms with van der Waals surface area (Å²) in [6.45, 7) is 3.85. The zero-order valence-electron chi connectivity index (χ0n) is 10.4. The van der Waals surface area contributed by atoms with Gasteiger partial charge in [-0.2, -0.15) is 0 Å². The molecule has 0 radical (unpaired) electrons. The summed E-state index contributed by atoms with van der Waals surface area (Å²) in [5.41, 5.74) is -0.753. The van der Waals surface area contributed by atoms with Gasteiger partial charge in [0, 0.05) is 11.0 Å². The van der Waals surface area contributed by atoms with E-state index in [2.05, 4.69) is 15.9 Å². The number of nitrogens with zero attached hydrogens (tertiary/aromatic N) is 1. The number of carboxylic acid groups (broad SMARTS) is 1. The molecule has 0 heterocycles. The van der Waals surface area contributed by atoms with Gasteiger partial charge in [0.2, 0.25) is 6.41 Å². The molecule has 0 bridgehead atoms. The van der Waals surface area contributed by atoms with E-state index in [0.29, 0.717) is 24.9 Å². The van der Waals surface area contributed by atoms with Crippen molar-refractivity contribution in [3.8, 4) is 0 Å². The van der Waals surface area contributed by atoms with Crippen molar-refractivity contribution in [3.05, 3.63) is 34.3 Å². The number of carboxylic acids is 1. The molecule has 0 aliphatic heterocycles. The lowest BCUT2D eigenvalue weighted by Crippen LogP contribution is -2.49. The van der Waals surface area contributed by atoms with Crippen molar-refractivity contribution in [1.29, 1.82) is 0 Å². The van der Waals surface area contributed by atoms with Crippen molar-refractivity contribution in [2.45, 2.75) is 25.8 Å². The molecule has 0 fully saturated rings. The molecule has 0 saturated heterocycles. The molecule has 1 amide bonds. The highest BCUT2D eigenvalue weighted by molar-refractivity contribution is 9.10. The number of benzene rings is 1. The molecular weight excluding hydrogens is 298 g/mol. The van der Waals surface area contributed by atoms with Crippen molar-refractivity contribution >= 4 is 28.3 Å². The summed E-state index contributed by atoms with van der Waals surface area (Å²) < 4.78 is 0.868. The first-order valence-electron chi connectivity index (χ1n) is 5.68. The lowest BCUT2D eigenvalue weighted by Gasteiger charge is -2.35. The Kier molecular flexibility index (Phi) is 4.90. The third kappa shape index (κ3) is 2.72. The van der Waals surface area contributed by atoms with E-state index < -0.39 is 11.5 Å². The Morgan fingerprint density at radius 3 is 2.39 bits per heavy atom. The number of hydrogen-bond acceptors (Lipinski definition) is 2. The lowest BCUT2D eigenvalue weighted by molar-refractivity contribution is -0.154. The maximum absolute atomic E-state index is 11.6. The maximum atomic E-state index is 11.6. The average Bonchev–Trinajstić information content (AvgIpc) is 2.35. The number of hydrogen-bond donors (Lipinski definition) is 1. The molecule has 1 aromatic rings. The Bertz CT molecular complexity index is 432. The van der Waals surface area contributed by atoms with Crippen LogP contribution in [0.4, 0.5) is 0 Å². The van der Waals surface area contributed by atoms with Gasteiger partial charge in [0.25, 0.3) is 0 Å². The quantitative estimate of drug-likeness (QED) is 0.821. The summed E-state index contributed by atoms with van der Waals surface area (Å²) >= 11 is 3.30. The van der Waals surface area contributed by atoms with E-state index in [9.17, 15) is 14.7 Å². The zero-order valence-corrected chi connectivity index (χ0v) is 12.0. The van der Waals surface area contributed by atoms with Gasteiger partial charge >= 0.3 is 5.97 Å². The number of aliphatic carboxylic acids is 1. The average molecular weight is 314 g/mol. The molecule has 0 aliphatic carbocycles. The van der Waals surface area contributed by atoms with Gasteiger partial charge in [-0.3, -0.25) is 4.79 Å². The van der Waals surface area contributed by atoms with Crippen LogP contribution in [0.1, 0.15) is 25.8 Å². The van der Waals surface area contributed by atoms with Crippen LogP contribution >= 0.6 is 15.9 Å². The second-order valence-corrected chi connectivity index (χ2v) is 5.10. The number of carbonyl (C=O) groups excluding carboxylic acids is 1. The van der Waals surface area contributed by atoms with Crippen molar-refractivity contribution in [1.82, 2.24) is 4.90 Å². The maximum Gasteiger partial charge on any atom is 0.334 e. The molecule has 1 rings (SSSR count). The summed E-state index contributed by atoms with van der Waals surface area (Å²) in [4.78, 5) is 24.0. The van der Waals surface area contributed by atoms with Crippen LogP contribution in [0.15, 0.2) is 28.7 Å². The number of rotatable bonds is 6. The molecule has 1 unspecified atom stereocenters. The fourth-order valence-electron chi connectivity index (χ4n) is 1.81. The second-order valence-electron chi connectivity index (χ2n) is 4.18. The van der Waals surface area contributed by atoms with Gasteiger partial charge in [-0.05, 0) is 31.0 Å². The van der Waals surface area contributed by atoms with Gasteiger partial charge in [0.15, 0.2) is 5.54 Å². The van der Waals surface area contributed by atoms with E-state index in [4.69, 9.17) is 0 Å². The molecule has 18 heavy (non-hydrogen) atoms. The van der Waals surface area contributed by atoms with E-state index >= 15 is 0 Å². The first-order chi connectivity index (χ1) is 8.46. The van der Waals surface area contributed by atoms with E-state index in [1.807, 2.05) is 6.92 Å². The topological polar surface area (TPSA) is 57.6 Å². The summed E-state index contributed by atoms with van der Waals surface area (Å²) in [5.74, 6) is -1.04. The predicted octanol–water partition coefficient (Wildman–Crippen LogP) is 2.62. The van der Waals surface area contributed by atoms with Gasteiger partial charge < -0.3 is 10.0 Å². The Morgan fingerprint density at radius 2 is 2.00 bits per heavy atom. The Hall–Kier alpha value is -1.36. The number of halogens is 1. The van der Waals surface area contributed by atoms with E-state index in [1.54, 1.807) is 31.2 Å². The first kappa shape index (κ1) is 14.7. The van der Waals surface area contributed by atoms with Crippen molar-refractivity contribution in [2.75, 3.05) is 6.54 Å². The smallest absolute Gasteiger partial charge is 0.334 e. The highest BCUT2D eigenvalue weighted by Gasteiger charge is 2.40. The minimum absolute atomic E-state index is 0.405. The van der Waals surface area contributed by atoms with Crippen LogP contribution in [-0.4, -0.2) is 28.9 Å². The fourth-order valence-corrected chi connectivity index (χ4v) is 2.07. The van der Waals surface area contributed by atoms with Gasteiger partial charge in [0.1, 0.15) is 0 Å². The minimum atomic E-state index is -1.33. The van der Waals surface area contributed by atoms with Crippen molar-refractivity contribution < 1.29 is 14.7 Å². The molecule has 0 aromatic heterocycles. The first-order valence-corrected chi connectivity index (χ1v) is 6.47. The standard InChI is InChI=1S/C13H16BrNO3/c1-3-8-15(9-16)13(2,12(17)18)10-4-6-11(14)7-5-10/h4-7,9H,3,8H2,1-2H3,(H,17,18). The molecule has 1 aromatic carbocycles. The summed E-state index contributed by atoms with van der Waals surface area (Å²) in [5, 5.41) is 9.47. The van der Waals surface area contributed by atoms with E-state index in [0.717, 1.165) is 4.47 Å². The minimum Gasteiger partial charge on any atom is -0.479 e. The van der Waals surface area contributed by atoms with Crippen LogP contribution < -0.4 is 0 Å².